The summed E-state index contributed by atoms with van der Waals surface area (Å²) in [6.07, 6.45) is 0. The standard InChI is InChI=1S/C13H12BrClN2O2/c1-18-7-9-6-12(15)17-13(16-9)8-3-4-11(19-2)10(14)5-8/h3-6H,7H2,1-2H3. The van der Waals surface area contributed by atoms with Crippen molar-refractivity contribution in [2.45, 2.75) is 6.61 Å². The minimum Gasteiger partial charge on any atom is -0.496 e. The lowest BCUT2D eigenvalue weighted by Gasteiger charge is -2.07. The number of halogens is 2. The first kappa shape index (κ1) is 14.2. The maximum atomic E-state index is 5.99. The van der Waals surface area contributed by atoms with Crippen LogP contribution in [0.4, 0.5) is 0 Å². The quantitative estimate of drug-likeness (QED) is 0.794. The summed E-state index contributed by atoms with van der Waals surface area (Å²) in [5.74, 6) is 1.31. The van der Waals surface area contributed by atoms with E-state index in [2.05, 4.69) is 25.9 Å². The predicted octanol–water partition coefficient (Wildman–Crippen LogP) is 3.71. The Hall–Kier alpha value is -1.17. The van der Waals surface area contributed by atoms with Gasteiger partial charge in [0, 0.05) is 12.7 Å². The smallest absolute Gasteiger partial charge is 0.161 e. The molecule has 0 aliphatic heterocycles. The van der Waals surface area contributed by atoms with Crippen molar-refractivity contribution in [3.05, 3.63) is 39.6 Å². The van der Waals surface area contributed by atoms with Crippen molar-refractivity contribution in [1.82, 2.24) is 9.97 Å². The van der Waals surface area contributed by atoms with Gasteiger partial charge in [-0.15, -0.1) is 0 Å². The second-order valence-electron chi connectivity index (χ2n) is 3.79. The summed E-state index contributed by atoms with van der Waals surface area (Å²) in [4.78, 5) is 8.63. The van der Waals surface area contributed by atoms with Gasteiger partial charge >= 0.3 is 0 Å². The van der Waals surface area contributed by atoms with Gasteiger partial charge in [0.25, 0.3) is 0 Å². The number of benzene rings is 1. The maximum absolute atomic E-state index is 5.99. The molecule has 0 N–H and O–H groups in total. The average molecular weight is 344 g/mol. The van der Waals surface area contributed by atoms with Gasteiger partial charge in [0.2, 0.25) is 0 Å². The van der Waals surface area contributed by atoms with Crippen molar-refractivity contribution in [3.8, 4) is 17.1 Å². The number of ether oxygens (including phenoxy) is 2. The summed E-state index contributed by atoms with van der Waals surface area (Å²) >= 11 is 9.43. The van der Waals surface area contributed by atoms with Gasteiger partial charge in [0.1, 0.15) is 10.9 Å². The van der Waals surface area contributed by atoms with Gasteiger partial charge in [-0.2, -0.15) is 0 Å². The molecule has 2 rings (SSSR count). The molecule has 0 radical (unpaired) electrons. The van der Waals surface area contributed by atoms with Crippen LogP contribution in [-0.2, 0) is 11.3 Å². The first-order valence-corrected chi connectivity index (χ1v) is 6.67. The number of nitrogens with zero attached hydrogens (tertiary/aromatic N) is 2. The zero-order valence-electron chi connectivity index (χ0n) is 10.5. The van der Waals surface area contributed by atoms with Crippen LogP contribution >= 0.6 is 27.5 Å². The highest BCUT2D eigenvalue weighted by molar-refractivity contribution is 9.10. The largest absolute Gasteiger partial charge is 0.496 e. The molecule has 0 spiro atoms. The number of methoxy groups -OCH3 is 2. The fraction of sp³-hybridized carbons (Fsp3) is 0.231. The fourth-order valence-electron chi connectivity index (χ4n) is 1.62. The van der Waals surface area contributed by atoms with Gasteiger partial charge in [0.05, 0.1) is 23.9 Å². The van der Waals surface area contributed by atoms with Crippen LogP contribution in [0, 0.1) is 0 Å². The summed E-state index contributed by atoms with van der Waals surface area (Å²) in [7, 11) is 3.23. The number of aromatic nitrogens is 2. The van der Waals surface area contributed by atoms with Crippen LogP contribution in [0.25, 0.3) is 11.4 Å². The van der Waals surface area contributed by atoms with Crippen LogP contribution in [0.15, 0.2) is 28.7 Å². The van der Waals surface area contributed by atoms with Crippen LogP contribution in [0.3, 0.4) is 0 Å². The highest BCUT2D eigenvalue weighted by Gasteiger charge is 2.08. The van der Waals surface area contributed by atoms with Gasteiger partial charge in [-0.25, -0.2) is 9.97 Å². The predicted molar refractivity (Wildman–Crippen MR) is 77.4 cm³/mol. The van der Waals surface area contributed by atoms with E-state index >= 15 is 0 Å². The molecule has 0 saturated heterocycles. The molecule has 0 fully saturated rings. The van der Waals surface area contributed by atoms with E-state index in [1.807, 2.05) is 18.2 Å². The summed E-state index contributed by atoms with van der Waals surface area (Å²) in [5.41, 5.74) is 1.59. The number of hydrogen-bond donors (Lipinski definition) is 0. The highest BCUT2D eigenvalue weighted by Crippen LogP contribution is 2.29. The van der Waals surface area contributed by atoms with Crippen LogP contribution in [0.2, 0.25) is 5.15 Å². The highest BCUT2D eigenvalue weighted by atomic mass is 79.9. The van der Waals surface area contributed by atoms with Gasteiger partial charge in [-0.1, -0.05) is 11.6 Å². The molecular formula is C13H12BrClN2O2. The second kappa shape index (κ2) is 6.32. The van der Waals surface area contributed by atoms with Crippen molar-refractivity contribution in [3.63, 3.8) is 0 Å². The Labute approximate surface area is 124 Å². The lowest BCUT2D eigenvalue weighted by Crippen LogP contribution is -1.98. The molecule has 0 atom stereocenters. The first-order chi connectivity index (χ1) is 9.13. The third-order valence-corrected chi connectivity index (χ3v) is 3.26. The van der Waals surface area contributed by atoms with Crippen LogP contribution < -0.4 is 4.74 Å². The van der Waals surface area contributed by atoms with Gasteiger partial charge in [-0.05, 0) is 40.2 Å². The molecule has 0 aliphatic carbocycles. The lowest BCUT2D eigenvalue weighted by molar-refractivity contribution is 0.181. The van der Waals surface area contributed by atoms with Gasteiger partial charge in [-0.3, -0.25) is 0 Å². The summed E-state index contributed by atoms with van der Waals surface area (Å²) in [6, 6.07) is 7.31. The van der Waals surface area contributed by atoms with Crippen molar-refractivity contribution in [2.75, 3.05) is 14.2 Å². The second-order valence-corrected chi connectivity index (χ2v) is 5.03. The SMILES string of the molecule is COCc1cc(Cl)nc(-c2ccc(OC)c(Br)c2)n1. The minimum absolute atomic E-state index is 0.393. The van der Waals surface area contributed by atoms with E-state index in [1.54, 1.807) is 20.3 Å². The third-order valence-electron chi connectivity index (χ3n) is 2.45. The molecule has 100 valence electrons. The summed E-state index contributed by atoms with van der Waals surface area (Å²) in [5, 5.41) is 0.393. The van der Waals surface area contributed by atoms with Gasteiger partial charge in [0.15, 0.2) is 5.82 Å². The Balaban J connectivity index is 2.43. The zero-order valence-corrected chi connectivity index (χ0v) is 12.8. The Bertz CT molecular complexity index is 593. The molecular weight excluding hydrogens is 332 g/mol. The van der Waals surface area contributed by atoms with E-state index in [0.29, 0.717) is 17.6 Å². The summed E-state index contributed by atoms with van der Waals surface area (Å²) < 4.78 is 11.1. The fourth-order valence-corrected chi connectivity index (χ4v) is 2.37. The van der Waals surface area contributed by atoms with Crippen molar-refractivity contribution in [2.24, 2.45) is 0 Å². The van der Waals surface area contributed by atoms with Crippen LogP contribution in [0.5, 0.6) is 5.75 Å². The van der Waals surface area contributed by atoms with Crippen molar-refractivity contribution < 1.29 is 9.47 Å². The molecule has 0 saturated carbocycles. The molecule has 2 aromatic rings. The molecule has 6 heteroatoms. The van der Waals surface area contributed by atoms with Crippen molar-refractivity contribution in [1.29, 1.82) is 0 Å². The Morgan fingerprint density at radius 1 is 1.21 bits per heavy atom. The molecule has 1 heterocycles. The Morgan fingerprint density at radius 3 is 2.63 bits per heavy atom. The average Bonchev–Trinajstić information content (AvgIpc) is 2.38. The van der Waals surface area contributed by atoms with Crippen molar-refractivity contribution >= 4 is 27.5 Å². The number of rotatable bonds is 4. The zero-order chi connectivity index (χ0) is 13.8. The molecule has 0 amide bonds. The van der Waals surface area contributed by atoms with E-state index in [4.69, 9.17) is 21.1 Å². The van der Waals surface area contributed by atoms with Crippen LogP contribution in [0.1, 0.15) is 5.69 Å². The van der Waals surface area contributed by atoms with Crippen LogP contribution in [-0.4, -0.2) is 24.2 Å². The topological polar surface area (TPSA) is 44.2 Å². The maximum Gasteiger partial charge on any atom is 0.161 e. The van der Waals surface area contributed by atoms with E-state index in [-0.39, 0.29) is 0 Å². The van der Waals surface area contributed by atoms with E-state index in [0.717, 1.165) is 21.5 Å². The minimum atomic E-state index is 0.393. The summed E-state index contributed by atoms with van der Waals surface area (Å²) in [6.45, 7) is 0.395. The molecule has 4 nitrogen and oxygen atoms in total. The molecule has 1 aromatic carbocycles. The molecule has 0 bridgehead atoms. The Morgan fingerprint density at radius 2 is 2.00 bits per heavy atom. The molecule has 0 aliphatic rings. The monoisotopic (exact) mass is 342 g/mol. The normalized spacial score (nSPS) is 10.5. The molecule has 0 unspecified atom stereocenters. The third kappa shape index (κ3) is 3.43. The van der Waals surface area contributed by atoms with E-state index < -0.39 is 0 Å². The van der Waals surface area contributed by atoms with Gasteiger partial charge < -0.3 is 9.47 Å². The Kier molecular flexibility index (Phi) is 4.74. The number of hydrogen-bond acceptors (Lipinski definition) is 4. The van der Waals surface area contributed by atoms with E-state index in [1.165, 1.54) is 0 Å². The van der Waals surface area contributed by atoms with E-state index in [9.17, 15) is 0 Å². The molecule has 1 aromatic heterocycles. The first-order valence-electron chi connectivity index (χ1n) is 5.50. The lowest BCUT2D eigenvalue weighted by atomic mass is 10.2. The molecule has 19 heavy (non-hydrogen) atoms.